The summed E-state index contributed by atoms with van der Waals surface area (Å²) in [5, 5.41) is 7.93. The first kappa shape index (κ1) is 30.9. The number of thioether (sulfide) groups is 1. The Morgan fingerprint density at radius 2 is 1.84 bits per heavy atom. The molecule has 0 saturated carbocycles. The molecule has 228 valence electrons. The van der Waals surface area contributed by atoms with Gasteiger partial charge in [0.05, 0.1) is 5.69 Å². The quantitative estimate of drug-likeness (QED) is 0.227. The van der Waals surface area contributed by atoms with Gasteiger partial charge in [0.1, 0.15) is 12.1 Å². The molecule has 1 fully saturated rings. The van der Waals surface area contributed by atoms with E-state index in [0.717, 1.165) is 41.0 Å². The van der Waals surface area contributed by atoms with Gasteiger partial charge in [0.25, 0.3) is 0 Å². The van der Waals surface area contributed by atoms with Crippen molar-refractivity contribution in [2.75, 3.05) is 10.7 Å². The third-order valence-electron chi connectivity index (χ3n) is 7.08. The molecule has 0 bridgehead atoms. The number of urea groups is 1. The molecule has 0 aliphatic carbocycles. The zero-order valence-corrected chi connectivity index (χ0v) is 25.2. The fourth-order valence-corrected chi connectivity index (χ4v) is 5.96. The first-order valence-electron chi connectivity index (χ1n) is 14.1. The molecule has 3 aromatic carbocycles. The summed E-state index contributed by atoms with van der Waals surface area (Å²) in [5.41, 5.74) is 5.31. The predicted molar refractivity (Wildman–Crippen MR) is 168 cm³/mol. The maximum Gasteiger partial charge on any atom is 0.573 e. The van der Waals surface area contributed by atoms with Gasteiger partial charge in [-0.3, -0.25) is 0 Å². The number of amides is 2. The number of benzene rings is 3. The minimum Gasteiger partial charge on any atom is -0.406 e. The van der Waals surface area contributed by atoms with Gasteiger partial charge >= 0.3 is 12.4 Å². The average Bonchev–Trinajstić information content (AvgIpc) is 3.50. The van der Waals surface area contributed by atoms with Crippen LogP contribution in [0.5, 0.6) is 5.75 Å². The molecule has 1 aliphatic heterocycles. The number of aromatic nitrogens is 3. The summed E-state index contributed by atoms with van der Waals surface area (Å²) in [4.78, 5) is 23.8. The number of aryl methyl sites for hydroxylation is 1. The molecular formula is C32H31F3N6O2S. The lowest BCUT2D eigenvalue weighted by molar-refractivity contribution is -0.274. The third-order valence-corrected chi connectivity index (χ3v) is 8.07. The number of nitrogens with zero attached hydrogens (tertiary/aromatic N) is 5. The zero-order valence-electron chi connectivity index (χ0n) is 24.4. The van der Waals surface area contributed by atoms with E-state index in [1.165, 1.54) is 40.8 Å². The number of amidine groups is 1. The predicted octanol–water partition coefficient (Wildman–Crippen LogP) is 7.85. The van der Waals surface area contributed by atoms with E-state index in [-0.39, 0.29) is 11.8 Å². The monoisotopic (exact) mass is 620 g/mol. The molecule has 1 atom stereocenters. The molecule has 2 heterocycles. The van der Waals surface area contributed by atoms with Gasteiger partial charge in [-0.15, -0.1) is 18.3 Å². The zero-order chi connectivity index (χ0) is 31.3. The van der Waals surface area contributed by atoms with Gasteiger partial charge < -0.3 is 15.0 Å². The van der Waals surface area contributed by atoms with Gasteiger partial charge in [0.15, 0.2) is 11.0 Å². The van der Waals surface area contributed by atoms with Gasteiger partial charge in [-0.1, -0.05) is 61.2 Å². The lowest BCUT2D eigenvalue weighted by Crippen LogP contribution is -2.42. The third kappa shape index (κ3) is 7.49. The number of nitrogens with one attached hydrogen (secondary N) is 1. The second kappa shape index (κ2) is 13.4. The number of hydrogen-bond acceptors (Lipinski definition) is 5. The van der Waals surface area contributed by atoms with Crippen LogP contribution in [-0.2, 0) is 6.42 Å². The van der Waals surface area contributed by atoms with Crippen LogP contribution in [0.2, 0.25) is 0 Å². The Balaban J connectivity index is 1.24. The number of carbonyl (C=O) groups excluding carboxylic acids is 1. The fraction of sp³-hybridized carbons (Fsp3) is 0.250. The first-order valence-corrected chi connectivity index (χ1v) is 15.0. The number of halogens is 3. The van der Waals surface area contributed by atoms with E-state index >= 15 is 0 Å². The van der Waals surface area contributed by atoms with Crippen LogP contribution in [0.15, 0.2) is 90.3 Å². The van der Waals surface area contributed by atoms with E-state index in [1.54, 1.807) is 18.0 Å². The van der Waals surface area contributed by atoms with E-state index in [1.807, 2.05) is 43.3 Å². The van der Waals surface area contributed by atoms with Crippen LogP contribution in [0.1, 0.15) is 38.3 Å². The smallest absolute Gasteiger partial charge is 0.406 e. The first-order chi connectivity index (χ1) is 21.1. The highest BCUT2D eigenvalue weighted by atomic mass is 32.2. The van der Waals surface area contributed by atoms with Crippen molar-refractivity contribution in [1.29, 1.82) is 0 Å². The highest BCUT2D eigenvalue weighted by molar-refractivity contribution is 8.14. The van der Waals surface area contributed by atoms with Crippen molar-refractivity contribution in [3.8, 4) is 22.8 Å². The average molecular weight is 621 g/mol. The highest BCUT2D eigenvalue weighted by Crippen LogP contribution is 2.32. The molecule has 44 heavy (non-hydrogen) atoms. The number of ether oxygens (including phenoxy) is 1. The van der Waals surface area contributed by atoms with Crippen LogP contribution in [-0.4, -0.2) is 44.1 Å². The molecular weight excluding hydrogens is 589 g/mol. The minimum absolute atomic E-state index is 0.227. The lowest BCUT2D eigenvalue weighted by Gasteiger charge is -2.36. The number of allylic oxidation sites excluding steroid dienone is 1. The van der Waals surface area contributed by atoms with Crippen molar-refractivity contribution in [2.24, 2.45) is 4.99 Å². The van der Waals surface area contributed by atoms with Crippen molar-refractivity contribution in [2.45, 2.75) is 46.0 Å². The standard InChI is InChI=1S/C32H31F3N6O2S/c1-4-23-7-5-6-8-28(23)41-22(3)17-18-44-31(41)38-30(42)36-19-21(2)24-9-11-25(12-10-24)29-37-20-40(39-29)26-13-15-27(16-14-26)43-32(33,34)35/h5-16,19-20,22H,4,17-18H2,1-3H3,(H,36,42)/b21-19+,38-31?. The molecule has 5 rings (SSSR count). The van der Waals surface area contributed by atoms with E-state index < -0.39 is 12.4 Å². The van der Waals surface area contributed by atoms with Crippen LogP contribution in [0.3, 0.4) is 0 Å². The van der Waals surface area contributed by atoms with Crippen molar-refractivity contribution >= 4 is 34.2 Å². The Morgan fingerprint density at radius 1 is 1.11 bits per heavy atom. The minimum atomic E-state index is -4.75. The normalized spacial score (nSPS) is 16.7. The maximum atomic E-state index is 12.9. The van der Waals surface area contributed by atoms with Gasteiger partial charge in [-0.2, -0.15) is 4.99 Å². The van der Waals surface area contributed by atoms with Crippen LogP contribution < -0.4 is 15.0 Å². The van der Waals surface area contributed by atoms with E-state index in [2.05, 4.69) is 56.0 Å². The number of rotatable bonds is 7. The van der Waals surface area contributed by atoms with Crippen molar-refractivity contribution in [3.05, 3.63) is 96.5 Å². The summed E-state index contributed by atoms with van der Waals surface area (Å²) in [7, 11) is 0. The maximum absolute atomic E-state index is 12.9. The molecule has 12 heteroatoms. The number of para-hydroxylation sites is 1. The van der Waals surface area contributed by atoms with Gasteiger partial charge in [0, 0.05) is 29.2 Å². The molecule has 0 spiro atoms. The summed E-state index contributed by atoms with van der Waals surface area (Å²) in [6.07, 6.45) is 0.264. The van der Waals surface area contributed by atoms with Crippen LogP contribution >= 0.6 is 11.8 Å². The fourth-order valence-electron chi connectivity index (χ4n) is 4.75. The summed E-state index contributed by atoms with van der Waals surface area (Å²) >= 11 is 1.58. The Bertz CT molecular complexity index is 1670. The number of alkyl halides is 3. The number of hydrogen-bond donors (Lipinski definition) is 1. The number of aliphatic imine (C=N–C) groups is 1. The summed E-state index contributed by atoms with van der Waals surface area (Å²) < 4.78 is 42.6. The summed E-state index contributed by atoms with van der Waals surface area (Å²) in [6, 6.07) is 20.9. The molecule has 0 radical (unpaired) electrons. The molecule has 4 aromatic rings. The highest BCUT2D eigenvalue weighted by Gasteiger charge is 2.31. The van der Waals surface area contributed by atoms with Crippen LogP contribution in [0.25, 0.3) is 22.6 Å². The van der Waals surface area contributed by atoms with E-state index in [4.69, 9.17) is 0 Å². The molecule has 2 amide bonds. The Kier molecular flexibility index (Phi) is 9.38. The lowest BCUT2D eigenvalue weighted by atomic mass is 10.1. The van der Waals surface area contributed by atoms with E-state index in [9.17, 15) is 18.0 Å². The Hall–Kier alpha value is -4.58. The van der Waals surface area contributed by atoms with Crippen LogP contribution in [0, 0.1) is 0 Å². The number of anilines is 1. The van der Waals surface area contributed by atoms with Crippen LogP contribution in [0.4, 0.5) is 23.7 Å². The topological polar surface area (TPSA) is 84.6 Å². The molecule has 1 aliphatic rings. The SMILES string of the molecule is CCc1ccccc1N1C(=NC(=O)N/C=C(\C)c2ccc(-c3ncn(-c4ccc(OC(F)(F)F)cc4)n3)cc2)SCCC1C. The van der Waals surface area contributed by atoms with E-state index in [0.29, 0.717) is 16.7 Å². The van der Waals surface area contributed by atoms with Gasteiger partial charge in [0.2, 0.25) is 0 Å². The van der Waals surface area contributed by atoms with Gasteiger partial charge in [-0.25, -0.2) is 14.5 Å². The second-order valence-electron chi connectivity index (χ2n) is 10.1. The Morgan fingerprint density at radius 3 is 2.55 bits per heavy atom. The largest absolute Gasteiger partial charge is 0.573 e. The molecule has 1 unspecified atom stereocenters. The summed E-state index contributed by atoms with van der Waals surface area (Å²) in [6.45, 7) is 6.17. The Labute approximate surface area is 257 Å². The molecule has 1 saturated heterocycles. The molecule has 1 aromatic heterocycles. The second-order valence-corrected chi connectivity index (χ2v) is 11.2. The molecule has 8 nitrogen and oxygen atoms in total. The van der Waals surface area contributed by atoms with Gasteiger partial charge in [-0.05, 0) is 73.7 Å². The number of carbonyl (C=O) groups is 1. The molecule has 1 N–H and O–H groups in total. The van der Waals surface area contributed by atoms with Crippen molar-refractivity contribution in [3.63, 3.8) is 0 Å². The van der Waals surface area contributed by atoms with Crippen molar-refractivity contribution < 1.29 is 22.7 Å². The summed E-state index contributed by atoms with van der Waals surface area (Å²) in [5.74, 6) is 1.04. The van der Waals surface area contributed by atoms with Crippen molar-refractivity contribution in [1.82, 2.24) is 20.1 Å².